The summed E-state index contributed by atoms with van der Waals surface area (Å²) in [4.78, 5) is 33.0. The van der Waals surface area contributed by atoms with Crippen LogP contribution in [0.2, 0.25) is 0 Å². The summed E-state index contributed by atoms with van der Waals surface area (Å²) < 4.78 is 7.60. The third-order valence-corrected chi connectivity index (χ3v) is 5.92. The van der Waals surface area contributed by atoms with Crippen LogP contribution in [0.4, 0.5) is 16.2 Å². The van der Waals surface area contributed by atoms with Crippen LogP contribution in [0.25, 0.3) is 11.1 Å². The van der Waals surface area contributed by atoms with Crippen LogP contribution in [-0.4, -0.2) is 39.4 Å². The first-order chi connectivity index (χ1) is 15.4. The number of aromatic nitrogens is 3. The molecule has 32 heavy (non-hydrogen) atoms. The van der Waals surface area contributed by atoms with Crippen molar-refractivity contribution in [3.8, 4) is 16.9 Å². The number of carbonyl (C=O) groups is 2. The Hall–Kier alpha value is -3.68. The van der Waals surface area contributed by atoms with Gasteiger partial charge in [-0.3, -0.25) is 19.4 Å². The second-order valence-corrected chi connectivity index (χ2v) is 8.50. The summed E-state index contributed by atoms with van der Waals surface area (Å²) in [5.74, 6) is 0.314. The zero-order chi connectivity index (χ0) is 22.4. The molecule has 3 aromatic rings. The maximum absolute atomic E-state index is 13.1. The Morgan fingerprint density at radius 2 is 1.88 bits per heavy atom. The summed E-state index contributed by atoms with van der Waals surface area (Å²) in [7, 11) is 0. The number of hydrogen-bond donors (Lipinski definition) is 0. The molecule has 1 aliphatic heterocycles. The minimum atomic E-state index is -0.502. The first-order valence-electron chi connectivity index (χ1n) is 10.8. The number of nitrogens with zero attached hydrogens (tertiary/aromatic N) is 5. The Labute approximate surface area is 186 Å². The molecule has 164 valence electrons. The Morgan fingerprint density at radius 1 is 1.06 bits per heavy atom. The standard InChI is InChI=1S/C24H25N5O3/c1-15-4-8-21(12-25-15)32-24(31)27-13-16(2)29(17(3)30)22-9-5-18(10-23(22)27)19-11-26-28(14-19)20-6-7-20/h4-5,8-12,14,16,20H,6-7,13H2,1-3H3/t16-/m0/s1. The van der Waals surface area contributed by atoms with Crippen molar-refractivity contribution >= 4 is 23.4 Å². The minimum absolute atomic E-state index is 0.0659. The molecule has 0 unspecified atom stereocenters. The summed E-state index contributed by atoms with van der Waals surface area (Å²) in [5, 5.41) is 4.48. The number of fused-ring (bicyclic) bond motifs is 1. The molecule has 8 heteroatoms. The lowest BCUT2D eigenvalue weighted by Crippen LogP contribution is -2.52. The van der Waals surface area contributed by atoms with E-state index in [-0.39, 0.29) is 11.9 Å². The van der Waals surface area contributed by atoms with Gasteiger partial charge in [0.15, 0.2) is 5.75 Å². The van der Waals surface area contributed by atoms with E-state index in [0.29, 0.717) is 29.7 Å². The molecule has 0 radical (unpaired) electrons. The summed E-state index contributed by atoms with van der Waals surface area (Å²) >= 11 is 0. The van der Waals surface area contributed by atoms with Gasteiger partial charge in [0.1, 0.15) is 0 Å². The van der Waals surface area contributed by atoms with Gasteiger partial charge < -0.3 is 9.64 Å². The highest BCUT2D eigenvalue weighted by Crippen LogP contribution is 2.40. The lowest BCUT2D eigenvalue weighted by molar-refractivity contribution is -0.117. The second-order valence-electron chi connectivity index (χ2n) is 8.50. The average molecular weight is 431 g/mol. The van der Waals surface area contributed by atoms with E-state index < -0.39 is 6.09 Å². The van der Waals surface area contributed by atoms with Crippen LogP contribution in [0, 0.1) is 6.92 Å². The molecular weight excluding hydrogens is 406 g/mol. The molecule has 1 fully saturated rings. The number of pyridine rings is 1. The number of benzene rings is 1. The van der Waals surface area contributed by atoms with Gasteiger partial charge in [-0.05, 0) is 56.5 Å². The molecular formula is C24H25N5O3. The molecule has 0 spiro atoms. The van der Waals surface area contributed by atoms with Crippen LogP contribution >= 0.6 is 0 Å². The van der Waals surface area contributed by atoms with Crippen molar-refractivity contribution in [2.75, 3.05) is 16.3 Å². The van der Waals surface area contributed by atoms with Gasteiger partial charge >= 0.3 is 6.09 Å². The molecule has 5 rings (SSSR count). The van der Waals surface area contributed by atoms with Crippen molar-refractivity contribution in [2.24, 2.45) is 0 Å². The molecule has 3 heterocycles. The smallest absolute Gasteiger partial charge is 0.408 e. The summed E-state index contributed by atoms with van der Waals surface area (Å²) in [6, 6.07) is 9.61. The van der Waals surface area contributed by atoms with Gasteiger partial charge in [0.05, 0.1) is 35.9 Å². The predicted molar refractivity (Wildman–Crippen MR) is 121 cm³/mol. The van der Waals surface area contributed by atoms with Gasteiger partial charge in [-0.1, -0.05) is 6.07 Å². The van der Waals surface area contributed by atoms with E-state index in [1.807, 2.05) is 49.1 Å². The number of anilines is 2. The lowest BCUT2D eigenvalue weighted by atomic mass is 10.0. The number of rotatable bonds is 3. The molecule has 0 saturated heterocycles. The first-order valence-corrected chi connectivity index (χ1v) is 10.8. The van der Waals surface area contributed by atoms with E-state index in [9.17, 15) is 9.59 Å². The number of aryl methyl sites for hydroxylation is 1. The minimum Gasteiger partial charge on any atom is -0.408 e. The van der Waals surface area contributed by atoms with Crippen LogP contribution in [0.3, 0.4) is 0 Å². The Bertz CT molecular complexity index is 1180. The molecule has 8 nitrogen and oxygen atoms in total. The molecule has 1 atom stereocenters. The van der Waals surface area contributed by atoms with Crippen molar-refractivity contribution in [3.05, 3.63) is 54.6 Å². The monoisotopic (exact) mass is 431 g/mol. The highest BCUT2D eigenvalue weighted by Gasteiger charge is 2.35. The van der Waals surface area contributed by atoms with E-state index in [1.165, 1.54) is 6.20 Å². The van der Waals surface area contributed by atoms with Crippen molar-refractivity contribution in [3.63, 3.8) is 0 Å². The number of amides is 2. The first kappa shape index (κ1) is 20.2. The maximum Gasteiger partial charge on any atom is 0.419 e. The molecule has 0 N–H and O–H groups in total. The summed E-state index contributed by atoms with van der Waals surface area (Å²) in [5.41, 5.74) is 4.08. The van der Waals surface area contributed by atoms with Gasteiger partial charge in [0.2, 0.25) is 5.91 Å². The van der Waals surface area contributed by atoms with E-state index in [1.54, 1.807) is 28.9 Å². The average Bonchev–Trinajstić information content (AvgIpc) is 3.50. The lowest BCUT2D eigenvalue weighted by Gasteiger charge is -2.40. The van der Waals surface area contributed by atoms with Crippen molar-refractivity contribution in [2.45, 2.75) is 45.7 Å². The quantitative estimate of drug-likeness (QED) is 0.616. The number of carbonyl (C=O) groups excluding carboxylic acids is 2. The SMILES string of the molecule is CC(=O)N1c2ccc(-c3cnn(C4CC4)c3)cc2N(C(=O)Oc2ccc(C)nc2)C[C@@H]1C. The summed E-state index contributed by atoms with van der Waals surface area (Å²) in [6.45, 7) is 5.67. The van der Waals surface area contributed by atoms with Gasteiger partial charge in [-0.2, -0.15) is 5.10 Å². The highest BCUT2D eigenvalue weighted by molar-refractivity contribution is 6.03. The van der Waals surface area contributed by atoms with Crippen molar-refractivity contribution in [1.82, 2.24) is 14.8 Å². The van der Waals surface area contributed by atoms with Crippen LogP contribution in [0.5, 0.6) is 5.75 Å². The Kier molecular flexibility index (Phi) is 4.92. The van der Waals surface area contributed by atoms with Crippen molar-refractivity contribution < 1.29 is 14.3 Å². The van der Waals surface area contributed by atoms with Crippen LogP contribution < -0.4 is 14.5 Å². The zero-order valence-electron chi connectivity index (χ0n) is 18.4. The largest absolute Gasteiger partial charge is 0.419 e. The summed E-state index contributed by atoms with van der Waals surface area (Å²) in [6.07, 6.45) is 7.22. The van der Waals surface area contributed by atoms with Gasteiger partial charge in [0, 0.05) is 30.9 Å². The molecule has 0 bridgehead atoms. The van der Waals surface area contributed by atoms with E-state index in [4.69, 9.17) is 4.74 Å². The van der Waals surface area contributed by atoms with Crippen molar-refractivity contribution in [1.29, 1.82) is 0 Å². The molecule has 2 amide bonds. The Balaban J connectivity index is 1.51. The maximum atomic E-state index is 13.1. The third kappa shape index (κ3) is 3.72. The van der Waals surface area contributed by atoms with E-state index in [2.05, 4.69) is 10.1 Å². The molecule has 2 aliphatic rings. The fourth-order valence-electron chi connectivity index (χ4n) is 4.15. The van der Waals surface area contributed by atoms with E-state index in [0.717, 1.165) is 29.7 Å². The highest BCUT2D eigenvalue weighted by atomic mass is 16.6. The van der Waals surface area contributed by atoms with Gasteiger partial charge in [-0.15, -0.1) is 0 Å². The van der Waals surface area contributed by atoms with E-state index >= 15 is 0 Å². The van der Waals surface area contributed by atoms with Crippen LogP contribution in [0.1, 0.15) is 38.4 Å². The topological polar surface area (TPSA) is 80.6 Å². The number of ether oxygens (including phenoxy) is 1. The second kappa shape index (κ2) is 7.78. The number of hydrogen-bond acceptors (Lipinski definition) is 5. The van der Waals surface area contributed by atoms with Gasteiger partial charge in [0.25, 0.3) is 0 Å². The molecule has 1 aromatic carbocycles. The fraction of sp³-hybridized carbons (Fsp3) is 0.333. The zero-order valence-corrected chi connectivity index (χ0v) is 18.4. The van der Waals surface area contributed by atoms with Gasteiger partial charge in [-0.25, -0.2) is 4.79 Å². The van der Waals surface area contributed by atoms with Crippen LogP contribution in [0.15, 0.2) is 48.9 Å². The molecule has 2 aromatic heterocycles. The Morgan fingerprint density at radius 3 is 2.56 bits per heavy atom. The molecule has 1 saturated carbocycles. The van der Waals surface area contributed by atoms with Crippen LogP contribution in [-0.2, 0) is 4.79 Å². The fourth-order valence-corrected chi connectivity index (χ4v) is 4.15. The normalized spacial score (nSPS) is 17.8. The molecule has 1 aliphatic carbocycles. The third-order valence-electron chi connectivity index (χ3n) is 5.92. The predicted octanol–water partition coefficient (Wildman–Crippen LogP) is 4.35.